The van der Waals surface area contributed by atoms with Crippen molar-refractivity contribution in [1.82, 2.24) is 10.2 Å². The van der Waals surface area contributed by atoms with E-state index >= 15 is 0 Å². The first-order valence-electron chi connectivity index (χ1n) is 7.20. The first kappa shape index (κ1) is 16.2. The number of para-hydroxylation sites is 1. The van der Waals surface area contributed by atoms with Gasteiger partial charge in [0.25, 0.3) is 5.91 Å². The molecule has 0 unspecified atom stereocenters. The van der Waals surface area contributed by atoms with Gasteiger partial charge in [0.1, 0.15) is 5.69 Å². The Morgan fingerprint density at radius 3 is 2.71 bits per heavy atom. The second-order valence-electron chi connectivity index (χ2n) is 4.98. The highest BCUT2D eigenvalue weighted by molar-refractivity contribution is 8.04. The number of nitrogens with two attached hydrogens (primary N) is 1. The predicted octanol–water partition coefficient (Wildman–Crippen LogP) is 1.62. The summed E-state index contributed by atoms with van der Waals surface area (Å²) in [6.45, 7) is 0.378. The van der Waals surface area contributed by atoms with Crippen molar-refractivity contribution in [2.24, 2.45) is 5.73 Å². The lowest BCUT2D eigenvalue weighted by Crippen LogP contribution is -2.21. The van der Waals surface area contributed by atoms with Crippen LogP contribution in [0.2, 0.25) is 0 Å². The second-order valence-corrected chi connectivity index (χ2v) is 6.12. The standard InChI is InChI=1S/C16H14N4O3S/c17-6-7-24-11-8-10(21)13-12(15(11)22)14(20-19-13)16(23)18-9-4-2-1-3-5-9/h1-5,8H,6-7,17H2,(H,18,23)(H,19,20). The van der Waals surface area contributed by atoms with Crippen LogP contribution in [0.25, 0.3) is 0 Å². The van der Waals surface area contributed by atoms with Gasteiger partial charge in [-0.05, 0) is 12.1 Å². The smallest absolute Gasteiger partial charge is 0.276 e. The molecule has 2 aromatic rings. The molecule has 0 saturated carbocycles. The molecular weight excluding hydrogens is 328 g/mol. The predicted molar refractivity (Wildman–Crippen MR) is 91.2 cm³/mol. The molecule has 4 N–H and O–H groups in total. The number of fused-ring (bicyclic) bond motifs is 1. The summed E-state index contributed by atoms with van der Waals surface area (Å²) in [6, 6.07) is 8.79. The number of hydrogen-bond donors (Lipinski definition) is 3. The number of H-pyrrole nitrogens is 1. The number of aromatic nitrogens is 2. The zero-order valence-corrected chi connectivity index (χ0v) is 13.4. The monoisotopic (exact) mass is 342 g/mol. The third-order valence-electron chi connectivity index (χ3n) is 3.35. The van der Waals surface area contributed by atoms with E-state index in [1.165, 1.54) is 17.8 Å². The minimum absolute atomic E-state index is 0.00968. The van der Waals surface area contributed by atoms with E-state index in [1.54, 1.807) is 24.3 Å². The number of nitrogens with one attached hydrogen (secondary N) is 2. The molecule has 1 heterocycles. The van der Waals surface area contributed by atoms with Crippen LogP contribution in [0.4, 0.5) is 5.69 Å². The summed E-state index contributed by atoms with van der Waals surface area (Å²) in [5.41, 5.74) is 5.96. The van der Waals surface area contributed by atoms with Crippen molar-refractivity contribution >= 4 is 34.9 Å². The summed E-state index contributed by atoms with van der Waals surface area (Å²) in [7, 11) is 0. The Balaban J connectivity index is 1.90. The normalized spacial score (nSPS) is 13.5. The highest BCUT2D eigenvalue weighted by Crippen LogP contribution is 2.29. The molecule has 3 rings (SSSR count). The number of carbonyl (C=O) groups excluding carboxylic acids is 3. The fourth-order valence-corrected chi connectivity index (χ4v) is 3.03. The zero-order valence-electron chi connectivity index (χ0n) is 12.5. The number of ketones is 2. The van der Waals surface area contributed by atoms with Crippen LogP contribution < -0.4 is 11.1 Å². The first-order valence-corrected chi connectivity index (χ1v) is 8.18. The van der Waals surface area contributed by atoms with Crippen LogP contribution in [-0.2, 0) is 0 Å². The topological polar surface area (TPSA) is 118 Å². The van der Waals surface area contributed by atoms with Gasteiger partial charge in [-0.3, -0.25) is 19.5 Å². The molecule has 0 spiro atoms. The van der Waals surface area contributed by atoms with Crippen molar-refractivity contribution < 1.29 is 14.4 Å². The molecular formula is C16H14N4O3S. The Kier molecular flexibility index (Phi) is 4.59. The number of rotatable bonds is 5. The molecule has 8 heteroatoms. The second kappa shape index (κ2) is 6.81. The lowest BCUT2D eigenvalue weighted by atomic mass is 9.99. The molecule has 1 aliphatic rings. The van der Waals surface area contributed by atoms with Gasteiger partial charge >= 0.3 is 0 Å². The Morgan fingerprint density at radius 2 is 2.00 bits per heavy atom. The Labute approximate surface area is 141 Å². The number of carbonyl (C=O) groups is 3. The van der Waals surface area contributed by atoms with Crippen molar-refractivity contribution in [3.05, 3.63) is 58.3 Å². The van der Waals surface area contributed by atoms with Crippen LogP contribution in [-0.4, -0.2) is 40.0 Å². The Hall–Kier alpha value is -2.71. The molecule has 0 atom stereocenters. The summed E-state index contributed by atoms with van der Waals surface area (Å²) >= 11 is 1.19. The van der Waals surface area contributed by atoms with Gasteiger partial charge < -0.3 is 11.1 Å². The summed E-state index contributed by atoms with van der Waals surface area (Å²) in [4.78, 5) is 37.4. The molecule has 0 aliphatic heterocycles. The number of anilines is 1. The van der Waals surface area contributed by atoms with Crippen molar-refractivity contribution in [2.75, 3.05) is 17.6 Å². The number of nitrogens with zero attached hydrogens (tertiary/aromatic N) is 1. The van der Waals surface area contributed by atoms with Gasteiger partial charge in [0.15, 0.2) is 5.69 Å². The Bertz CT molecular complexity index is 842. The maximum atomic E-state index is 12.6. The molecule has 24 heavy (non-hydrogen) atoms. The van der Waals surface area contributed by atoms with E-state index in [0.29, 0.717) is 18.0 Å². The number of benzene rings is 1. The van der Waals surface area contributed by atoms with E-state index < -0.39 is 11.7 Å². The van der Waals surface area contributed by atoms with Gasteiger partial charge in [-0.25, -0.2) is 0 Å². The van der Waals surface area contributed by atoms with E-state index in [2.05, 4.69) is 15.5 Å². The van der Waals surface area contributed by atoms with E-state index in [9.17, 15) is 14.4 Å². The van der Waals surface area contributed by atoms with Crippen LogP contribution in [0.15, 0.2) is 41.3 Å². The average molecular weight is 342 g/mol. The summed E-state index contributed by atoms with van der Waals surface area (Å²) < 4.78 is 0. The number of allylic oxidation sites excluding steroid dienone is 2. The molecule has 1 aliphatic carbocycles. The van der Waals surface area contributed by atoms with Crippen LogP contribution in [0, 0.1) is 0 Å². The summed E-state index contributed by atoms with van der Waals surface area (Å²) in [5.74, 6) is -0.820. The molecule has 0 fully saturated rings. The minimum Gasteiger partial charge on any atom is -0.330 e. The van der Waals surface area contributed by atoms with E-state index in [-0.39, 0.29) is 27.6 Å². The number of hydrogen-bond acceptors (Lipinski definition) is 6. The van der Waals surface area contributed by atoms with Gasteiger partial charge in [-0.15, -0.1) is 11.8 Å². The molecule has 0 saturated heterocycles. The van der Waals surface area contributed by atoms with Crippen molar-refractivity contribution in [3.8, 4) is 0 Å². The number of amides is 1. The zero-order chi connectivity index (χ0) is 17.1. The number of aromatic amines is 1. The SMILES string of the molecule is NCCSC1=CC(=O)c2[nH]nc(C(=O)Nc3ccccc3)c2C1=O. The van der Waals surface area contributed by atoms with Crippen LogP contribution >= 0.6 is 11.8 Å². The van der Waals surface area contributed by atoms with Crippen LogP contribution in [0.3, 0.4) is 0 Å². The van der Waals surface area contributed by atoms with E-state index in [1.807, 2.05) is 6.07 Å². The summed E-state index contributed by atoms with van der Waals surface area (Å²) in [5, 5.41) is 9.01. The lowest BCUT2D eigenvalue weighted by molar-refractivity contribution is 0.0979. The maximum absolute atomic E-state index is 12.6. The van der Waals surface area contributed by atoms with Crippen LogP contribution in [0.5, 0.6) is 0 Å². The highest BCUT2D eigenvalue weighted by Gasteiger charge is 2.33. The van der Waals surface area contributed by atoms with Gasteiger partial charge in [-0.1, -0.05) is 18.2 Å². The molecule has 0 radical (unpaired) electrons. The molecule has 7 nitrogen and oxygen atoms in total. The fraction of sp³-hybridized carbons (Fsp3) is 0.125. The average Bonchev–Trinajstić information content (AvgIpc) is 3.04. The highest BCUT2D eigenvalue weighted by atomic mass is 32.2. The van der Waals surface area contributed by atoms with Crippen molar-refractivity contribution in [3.63, 3.8) is 0 Å². The van der Waals surface area contributed by atoms with Gasteiger partial charge in [0.05, 0.1) is 10.5 Å². The molecule has 0 bridgehead atoms. The third-order valence-corrected chi connectivity index (χ3v) is 4.40. The van der Waals surface area contributed by atoms with E-state index in [0.717, 1.165) is 0 Å². The van der Waals surface area contributed by atoms with Gasteiger partial charge in [0.2, 0.25) is 11.6 Å². The van der Waals surface area contributed by atoms with Crippen molar-refractivity contribution in [1.29, 1.82) is 0 Å². The first-order chi connectivity index (χ1) is 11.6. The van der Waals surface area contributed by atoms with Gasteiger partial charge in [-0.2, -0.15) is 5.10 Å². The quantitative estimate of drug-likeness (QED) is 0.760. The molecule has 122 valence electrons. The maximum Gasteiger partial charge on any atom is 0.276 e. The summed E-state index contributed by atoms with van der Waals surface area (Å²) in [6.07, 6.45) is 1.25. The number of Topliss-reactive ketones (excluding diaryl/α,β-unsaturated/α-hetero) is 1. The molecule has 1 amide bonds. The lowest BCUT2D eigenvalue weighted by Gasteiger charge is -2.11. The third kappa shape index (κ3) is 3.01. The fourth-order valence-electron chi connectivity index (χ4n) is 2.27. The van der Waals surface area contributed by atoms with Crippen molar-refractivity contribution in [2.45, 2.75) is 0 Å². The largest absolute Gasteiger partial charge is 0.330 e. The number of thioether (sulfide) groups is 1. The molecule has 1 aromatic heterocycles. The minimum atomic E-state index is -0.551. The van der Waals surface area contributed by atoms with Crippen LogP contribution in [0.1, 0.15) is 31.3 Å². The van der Waals surface area contributed by atoms with Gasteiger partial charge in [0, 0.05) is 24.1 Å². The molecule has 1 aromatic carbocycles. The Morgan fingerprint density at radius 1 is 1.25 bits per heavy atom. The van der Waals surface area contributed by atoms with E-state index in [4.69, 9.17) is 5.73 Å².